The number of nitrogens with one attached hydrogen (secondary N) is 2. The van der Waals surface area contributed by atoms with Crippen molar-refractivity contribution >= 4 is 0 Å². The van der Waals surface area contributed by atoms with E-state index in [0.717, 1.165) is 91.5 Å². The molecule has 0 saturated carbocycles. The minimum atomic E-state index is -0.715. The fourth-order valence-electron chi connectivity index (χ4n) is 8.07. The summed E-state index contributed by atoms with van der Waals surface area (Å²) in [7, 11) is 0. The summed E-state index contributed by atoms with van der Waals surface area (Å²) in [6.45, 7) is 7.81. The normalized spacial score (nSPS) is 13.2. The highest BCUT2D eigenvalue weighted by Gasteiger charge is 2.22. The lowest BCUT2D eigenvalue weighted by Crippen LogP contribution is -2.31. The summed E-state index contributed by atoms with van der Waals surface area (Å²) in [4.78, 5) is 0. The van der Waals surface area contributed by atoms with Crippen molar-refractivity contribution in [1.82, 2.24) is 10.6 Å². The Morgan fingerprint density at radius 1 is 0.403 bits per heavy atom. The lowest BCUT2D eigenvalue weighted by Gasteiger charge is -2.23. The molecule has 8 bridgehead atoms. The van der Waals surface area contributed by atoms with Crippen LogP contribution in [0.3, 0.4) is 0 Å². The molecule has 62 heavy (non-hydrogen) atoms. The summed E-state index contributed by atoms with van der Waals surface area (Å²) < 4.78 is 26.7. The molecule has 0 spiro atoms. The van der Waals surface area contributed by atoms with Crippen LogP contribution in [0.2, 0.25) is 0 Å². The Labute approximate surface area is 367 Å². The summed E-state index contributed by atoms with van der Waals surface area (Å²) in [5.41, 5.74) is 10.6. The van der Waals surface area contributed by atoms with Crippen LogP contribution in [0.1, 0.15) is 82.3 Å². The number of hydrogen-bond acceptors (Lipinski definition) is 8. The number of hydrogen-bond donors (Lipinski definition) is 4. The van der Waals surface area contributed by atoms with Crippen molar-refractivity contribution < 1.29 is 29.2 Å². The van der Waals surface area contributed by atoms with Gasteiger partial charge in [0.15, 0.2) is 0 Å². The molecule has 0 aromatic heterocycles. The summed E-state index contributed by atoms with van der Waals surface area (Å²) in [6.07, 6.45) is 2.60. The Kier molecular flexibility index (Phi) is 16.5. The van der Waals surface area contributed by atoms with E-state index in [9.17, 15) is 10.2 Å². The van der Waals surface area contributed by atoms with Crippen molar-refractivity contribution in [2.45, 2.75) is 77.7 Å². The maximum Gasteiger partial charge on any atom is 0.126 e. The van der Waals surface area contributed by atoms with Crippen LogP contribution >= 0.6 is 0 Å². The van der Waals surface area contributed by atoms with Gasteiger partial charge in [-0.2, -0.15) is 0 Å². The number of ether oxygens (including phenoxy) is 4. The van der Waals surface area contributed by atoms with Gasteiger partial charge < -0.3 is 39.8 Å². The second-order valence-corrected chi connectivity index (χ2v) is 16.2. The summed E-state index contributed by atoms with van der Waals surface area (Å²) in [5, 5.41) is 29.1. The molecule has 0 heterocycles. The number of para-hydroxylation sites is 4. The molecule has 324 valence electrons. The molecule has 0 radical (unpaired) electrons. The highest BCUT2D eigenvalue weighted by molar-refractivity contribution is 5.56. The van der Waals surface area contributed by atoms with E-state index in [1.54, 1.807) is 0 Å². The average molecular weight is 835 g/mol. The van der Waals surface area contributed by atoms with Crippen LogP contribution in [-0.2, 0) is 38.8 Å². The van der Waals surface area contributed by atoms with E-state index in [1.165, 1.54) is 0 Å². The first kappa shape index (κ1) is 44.4. The highest BCUT2D eigenvalue weighted by atomic mass is 16.5. The highest BCUT2D eigenvalue weighted by Crippen LogP contribution is 2.39. The van der Waals surface area contributed by atoms with Crippen LogP contribution in [0.25, 0.3) is 0 Å². The maximum absolute atomic E-state index is 11.2. The zero-order valence-corrected chi connectivity index (χ0v) is 36.3. The van der Waals surface area contributed by atoms with Crippen molar-refractivity contribution in [2.24, 2.45) is 0 Å². The molecular weight excluding hydrogens is 773 g/mol. The van der Waals surface area contributed by atoms with Gasteiger partial charge in [0.05, 0.1) is 13.2 Å². The first-order chi connectivity index (χ1) is 30.5. The van der Waals surface area contributed by atoms with Crippen LogP contribution < -0.4 is 29.6 Å². The lowest BCUT2D eigenvalue weighted by atomic mass is 9.91. The first-order valence-electron chi connectivity index (χ1n) is 22.3. The summed E-state index contributed by atoms with van der Waals surface area (Å²) >= 11 is 0. The van der Waals surface area contributed by atoms with Gasteiger partial charge in [-0.05, 0) is 68.5 Å². The largest absolute Gasteiger partial charge is 0.493 e. The van der Waals surface area contributed by atoms with Gasteiger partial charge in [-0.25, -0.2) is 0 Å². The quantitative estimate of drug-likeness (QED) is 0.0604. The molecule has 7 rings (SSSR count). The third kappa shape index (κ3) is 12.3. The fourth-order valence-corrected chi connectivity index (χ4v) is 8.07. The third-order valence-corrected chi connectivity index (χ3v) is 11.1. The Morgan fingerprint density at radius 3 is 0.984 bits per heavy atom. The van der Waals surface area contributed by atoms with Crippen molar-refractivity contribution in [3.63, 3.8) is 0 Å². The molecule has 8 heteroatoms. The first-order valence-corrected chi connectivity index (χ1v) is 22.3. The average Bonchev–Trinajstić information content (AvgIpc) is 3.28. The molecule has 4 N–H and O–H groups in total. The topological polar surface area (TPSA) is 101 Å². The molecule has 2 atom stereocenters. The summed E-state index contributed by atoms with van der Waals surface area (Å²) in [5.74, 6) is 3.28. The molecule has 1 aliphatic rings. The second-order valence-electron chi connectivity index (χ2n) is 16.2. The lowest BCUT2D eigenvalue weighted by molar-refractivity contribution is 0.105. The van der Waals surface area contributed by atoms with Gasteiger partial charge in [0.25, 0.3) is 0 Å². The summed E-state index contributed by atoms with van der Waals surface area (Å²) in [6, 6.07) is 45.9. The third-order valence-electron chi connectivity index (χ3n) is 11.1. The number of fused-ring (bicyclic) bond motifs is 8. The van der Waals surface area contributed by atoms with E-state index in [1.807, 2.05) is 36.4 Å². The number of benzene rings is 6. The van der Waals surface area contributed by atoms with Crippen LogP contribution in [0.4, 0.5) is 0 Å². The minimum absolute atomic E-state index is 0.138. The zero-order chi connectivity index (χ0) is 42.9. The van der Waals surface area contributed by atoms with Crippen molar-refractivity contribution in [2.75, 3.05) is 39.5 Å². The molecule has 0 saturated heterocycles. The number of aliphatic hydroxyl groups excluding tert-OH is 2. The van der Waals surface area contributed by atoms with E-state index < -0.39 is 12.2 Å². The van der Waals surface area contributed by atoms with Gasteiger partial charge in [0.2, 0.25) is 0 Å². The fraction of sp³-hybridized carbons (Fsp3) is 0.333. The molecule has 0 unspecified atom stereocenters. The van der Waals surface area contributed by atoms with Gasteiger partial charge in [-0.3, -0.25) is 0 Å². The standard InChI is InChI=1S/C54H62N2O6/c1-3-27-59-51-41-19-11-20-42(51)30-46-24-14-26-48(54(46)62-38-50(58)36-56-34-40-17-9-6-10-18-40)32-44-22-12-21-43(52(44)60-28-4-2)31-47-25-13-23-45(29-41)53(47)61-37-49(57)35-55-33-39-15-7-5-8-16-39/h5-26,49-50,55-58H,3-4,27-38H2,1-2H3/t49-,50-/m1/s1. The van der Waals surface area contributed by atoms with Crippen LogP contribution in [0.5, 0.6) is 23.0 Å². The Bertz CT molecular complexity index is 2050. The molecule has 6 aromatic carbocycles. The predicted molar refractivity (Wildman–Crippen MR) is 248 cm³/mol. The van der Waals surface area contributed by atoms with Crippen LogP contribution in [-0.4, -0.2) is 61.9 Å². The van der Waals surface area contributed by atoms with Crippen molar-refractivity contribution in [1.29, 1.82) is 0 Å². The molecule has 8 nitrogen and oxygen atoms in total. The molecule has 0 fully saturated rings. The van der Waals surface area contributed by atoms with Crippen LogP contribution in [0.15, 0.2) is 133 Å². The second kappa shape index (κ2) is 23.0. The van der Waals surface area contributed by atoms with E-state index in [0.29, 0.717) is 65.1 Å². The monoisotopic (exact) mass is 834 g/mol. The molecular formula is C54H62N2O6. The molecule has 6 aromatic rings. The smallest absolute Gasteiger partial charge is 0.126 e. The van der Waals surface area contributed by atoms with E-state index >= 15 is 0 Å². The van der Waals surface area contributed by atoms with Gasteiger partial charge >= 0.3 is 0 Å². The zero-order valence-electron chi connectivity index (χ0n) is 36.3. The van der Waals surface area contributed by atoms with Gasteiger partial charge in [0.1, 0.15) is 48.4 Å². The Morgan fingerprint density at radius 2 is 0.694 bits per heavy atom. The molecule has 1 aliphatic carbocycles. The van der Waals surface area contributed by atoms with Crippen molar-refractivity contribution in [3.05, 3.63) is 189 Å². The van der Waals surface area contributed by atoms with E-state index in [-0.39, 0.29) is 13.2 Å². The molecule has 0 aliphatic heterocycles. The predicted octanol–water partition coefficient (Wildman–Crippen LogP) is 9.00. The number of aliphatic hydroxyl groups is 2. The van der Waals surface area contributed by atoms with Gasteiger partial charge in [0, 0.05) is 51.9 Å². The molecule has 0 amide bonds. The Hall–Kier alpha value is -5.64. The van der Waals surface area contributed by atoms with E-state index in [2.05, 4.69) is 122 Å². The van der Waals surface area contributed by atoms with Crippen LogP contribution in [0, 0.1) is 0 Å². The minimum Gasteiger partial charge on any atom is -0.493 e. The van der Waals surface area contributed by atoms with Gasteiger partial charge in [-0.15, -0.1) is 0 Å². The van der Waals surface area contributed by atoms with Crippen molar-refractivity contribution in [3.8, 4) is 23.0 Å². The Balaban J connectivity index is 1.23. The van der Waals surface area contributed by atoms with E-state index in [4.69, 9.17) is 18.9 Å². The SMILES string of the molecule is CCCOc1c2cccc1Cc1cccc(c1OC[C@H](O)CNCc1ccccc1)Cc1cccc(c1OCCC)Cc1cccc(c1OC[C@H](O)CNCc1ccccc1)C2. The van der Waals surface area contributed by atoms with Gasteiger partial charge in [-0.1, -0.05) is 147 Å². The maximum atomic E-state index is 11.2. The number of rotatable bonds is 20.